The second-order valence-electron chi connectivity index (χ2n) is 5.40. The van der Waals surface area contributed by atoms with Crippen molar-refractivity contribution in [3.05, 3.63) is 71.3 Å². The lowest BCUT2D eigenvalue weighted by atomic mass is 10.1. The highest BCUT2D eigenvalue weighted by atomic mass is 19.4. The van der Waals surface area contributed by atoms with Crippen LogP contribution < -0.4 is 5.73 Å². The van der Waals surface area contributed by atoms with E-state index in [2.05, 4.69) is 4.74 Å². The number of amides is 1. The molecule has 2 N–H and O–H groups in total. The molecule has 8 heteroatoms. The van der Waals surface area contributed by atoms with Crippen LogP contribution in [0.4, 0.5) is 13.2 Å². The highest BCUT2D eigenvalue weighted by Gasteiger charge is 2.27. The first kappa shape index (κ1) is 19.5. The molecule has 2 aromatic rings. The number of carbonyl (C=O) groups excluding carboxylic acids is 2. The quantitative estimate of drug-likeness (QED) is 0.763. The molecule has 0 aliphatic carbocycles. The summed E-state index contributed by atoms with van der Waals surface area (Å²) in [5.74, 6) is -1.60. The van der Waals surface area contributed by atoms with Gasteiger partial charge in [0.15, 0.2) is 0 Å². The summed E-state index contributed by atoms with van der Waals surface area (Å²) in [5, 5.41) is 0. The van der Waals surface area contributed by atoms with Crippen LogP contribution in [0.2, 0.25) is 0 Å². The highest BCUT2D eigenvalue weighted by molar-refractivity contribution is 5.92. The third kappa shape index (κ3) is 5.89. The van der Waals surface area contributed by atoms with Gasteiger partial charge in [0.05, 0.1) is 12.2 Å². The molecule has 2 aromatic carbocycles. The minimum Gasteiger partial charge on any atom is -0.444 e. The minimum atomic E-state index is -4.40. The van der Waals surface area contributed by atoms with E-state index in [4.69, 9.17) is 10.5 Å². The Morgan fingerprint density at radius 3 is 2.15 bits per heavy atom. The van der Waals surface area contributed by atoms with E-state index in [1.165, 1.54) is 24.3 Å². The third-order valence-electron chi connectivity index (χ3n) is 3.31. The Balaban J connectivity index is 1.99. The van der Waals surface area contributed by atoms with Gasteiger partial charge >= 0.3 is 12.1 Å². The van der Waals surface area contributed by atoms with Gasteiger partial charge in [0.2, 0.25) is 6.10 Å². The van der Waals surface area contributed by atoms with Crippen molar-refractivity contribution in [1.29, 1.82) is 0 Å². The van der Waals surface area contributed by atoms with Gasteiger partial charge in [0, 0.05) is 5.56 Å². The van der Waals surface area contributed by atoms with Gasteiger partial charge in [0.25, 0.3) is 5.91 Å². The van der Waals surface area contributed by atoms with E-state index >= 15 is 0 Å². The van der Waals surface area contributed by atoms with Gasteiger partial charge in [-0.25, -0.2) is 4.79 Å². The van der Waals surface area contributed by atoms with Crippen molar-refractivity contribution < 1.29 is 32.2 Å². The smallest absolute Gasteiger partial charge is 0.411 e. The molecule has 0 bridgehead atoms. The summed E-state index contributed by atoms with van der Waals surface area (Å²) in [6, 6.07) is 13.9. The van der Waals surface area contributed by atoms with Crippen LogP contribution in [0.15, 0.2) is 54.6 Å². The topological polar surface area (TPSA) is 78.6 Å². The summed E-state index contributed by atoms with van der Waals surface area (Å²) in [6.07, 6.45) is -5.64. The lowest BCUT2D eigenvalue weighted by molar-refractivity contribution is -0.176. The molecule has 0 aromatic heterocycles. The Morgan fingerprint density at radius 2 is 1.62 bits per heavy atom. The Bertz CT molecular complexity index is 745. The average molecular weight is 367 g/mol. The molecular weight excluding hydrogens is 351 g/mol. The Labute approximate surface area is 147 Å². The molecular formula is C18H16F3NO4. The van der Waals surface area contributed by atoms with Crippen LogP contribution in [0.5, 0.6) is 0 Å². The predicted molar refractivity (Wildman–Crippen MR) is 85.9 cm³/mol. The van der Waals surface area contributed by atoms with Gasteiger partial charge in [-0.15, -0.1) is 0 Å². The van der Waals surface area contributed by atoms with Crippen molar-refractivity contribution in [1.82, 2.24) is 0 Å². The monoisotopic (exact) mass is 367 g/mol. The first-order valence-corrected chi connectivity index (χ1v) is 7.55. The lowest BCUT2D eigenvalue weighted by Gasteiger charge is -2.15. The fourth-order valence-corrected chi connectivity index (χ4v) is 2.11. The number of benzene rings is 2. The molecule has 0 heterocycles. The fraction of sp³-hybridized carbons (Fsp3) is 0.222. The van der Waals surface area contributed by atoms with Crippen LogP contribution in [-0.2, 0) is 20.9 Å². The maximum atomic E-state index is 12.2. The van der Waals surface area contributed by atoms with Crippen LogP contribution in [0.3, 0.4) is 0 Å². The summed E-state index contributed by atoms with van der Waals surface area (Å²) < 4.78 is 45.8. The van der Waals surface area contributed by atoms with Crippen molar-refractivity contribution in [3.8, 4) is 0 Å². The standard InChI is InChI=1S/C18H16F3NO4/c19-18(20,21)11-25-10-12-6-8-14(9-7-12)17(24)26-15(16(22)23)13-4-2-1-3-5-13/h1-9,15H,10-11H2,(H2,22,23)/t15-/m1/s1. The molecule has 0 unspecified atom stereocenters. The lowest BCUT2D eigenvalue weighted by Crippen LogP contribution is -2.26. The number of hydrogen-bond acceptors (Lipinski definition) is 4. The molecule has 0 saturated carbocycles. The molecule has 0 fully saturated rings. The molecule has 26 heavy (non-hydrogen) atoms. The second kappa shape index (κ2) is 8.48. The summed E-state index contributed by atoms with van der Waals surface area (Å²) >= 11 is 0. The number of alkyl halides is 3. The van der Waals surface area contributed by atoms with Crippen molar-refractivity contribution in [3.63, 3.8) is 0 Å². The van der Waals surface area contributed by atoms with E-state index in [-0.39, 0.29) is 12.2 Å². The number of halogens is 3. The average Bonchev–Trinajstić information content (AvgIpc) is 2.59. The summed E-state index contributed by atoms with van der Waals surface area (Å²) in [6.45, 7) is -1.60. The van der Waals surface area contributed by atoms with E-state index in [0.29, 0.717) is 11.1 Å². The van der Waals surface area contributed by atoms with Crippen molar-refractivity contribution >= 4 is 11.9 Å². The number of esters is 1. The van der Waals surface area contributed by atoms with E-state index in [1.807, 2.05) is 0 Å². The molecule has 0 radical (unpaired) electrons. The first-order valence-electron chi connectivity index (χ1n) is 7.55. The molecule has 5 nitrogen and oxygen atoms in total. The van der Waals surface area contributed by atoms with E-state index in [1.54, 1.807) is 30.3 Å². The zero-order chi connectivity index (χ0) is 19.2. The molecule has 0 spiro atoms. The SMILES string of the molecule is NC(=O)[C@H](OC(=O)c1ccc(COCC(F)(F)F)cc1)c1ccccc1. The molecule has 0 saturated heterocycles. The molecule has 1 atom stereocenters. The molecule has 138 valence electrons. The fourth-order valence-electron chi connectivity index (χ4n) is 2.11. The third-order valence-corrected chi connectivity index (χ3v) is 3.31. The normalized spacial score (nSPS) is 12.4. The second-order valence-corrected chi connectivity index (χ2v) is 5.40. The maximum Gasteiger partial charge on any atom is 0.411 e. The number of rotatable bonds is 7. The van der Waals surface area contributed by atoms with Gasteiger partial charge < -0.3 is 15.2 Å². The number of carbonyl (C=O) groups is 2. The Morgan fingerprint density at radius 1 is 1.00 bits per heavy atom. The number of nitrogens with two attached hydrogens (primary N) is 1. The van der Waals surface area contributed by atoms with E-state index < -0.39 is 30.8 Å². The van der Waals surface area contributed by atoms with Crippen molar-refractivity contribution in [2.75, 3.05) is 6.61 Å². The number of primary amides is 1. The zero-order valence-corrected chi connectivity index (χ0v) is 13.5. The van der Waals surface area contributed by atoms with Gasteiger partial charge in [0.1, 0.15) is 6.61 Å². The van der Waals surface area contributed by atoms with Crippen LogP contribution in [0, 0.1) is 0 Å². The summed E-state index contributed by atoms with van der Waals surface area (Å²) in [5.41, 5.74) is 6.31. The zero-order valence-electron chi connectivity index (χ0n) is 13.5. The van der Waals surface area contributed by atoms with Crippen molar-refractivity contribution in [2.45, 2.75) is 18.9 Å². The van der Waals surface area contributed by atoms with Crippen LogP contribution >= 0.6 is 0 Å². The van der Waals surface area contributed by atoms with Crippen LogP contribution in [0.1, 0.15) is 27.6 Å². The molecule has 0 aliphatic heterocycles. The predicted octanol–water partition coefficient (Wildman–Crippen LogP) is 3.15. The Kier molecular flexibility index (Phi) is 6.35. The largest absolute Gasteiger partial charge is 0.444 e. The van der Waals surface area contributed by atoms with Gasteiger partial charge in [-0.1, -0.05) is 42.5 Å². The van der Waals surface area contributed by atoms with E-state index in [9.17, 15) is 22.8 Å². The maximum absolute atomic E-state index is 12.2. The molecule has 0 aliphatic rings. The minimum absolute atomic E-state index is 0.131. The summed E-state index contributed by atoms with van der Waals surface area (Å²) in [7, 11) is 0. The summed E-state index contributed by atoms with van der Waals surface area (Å²) in [4.78, 5) is 23.7. The highest BCUT2D eigenvalue weighted by Crippen LogP contribution is 2.20. The van der Waals surface area contributed by atoms with Crippen LogP contribution in [0.25, 0.3) is 0 Å². The number of hydrogen-bond donors (Lipinski definition) is 1. The van der Waals surface area contributed by atoms with Crippen LogP contribution in [-0.4, -0.2) is 24.7 Å². The van der Waals surface area contributed by atoms with Gasteiger partial charge in [-0.05, 0) is 17.7 Å². The van der Waals surface area contributed by atoms with Gasteiger partial charge in [-0.2, -0.15) is 13.2 Å². The Hall–Kier alpha value is -2.87. The molecule has 1 amide bonds. The van der Waals surface area contributed by atoms with Crippen molar-refractivity contribution in [2.24, 2.45) is 5.73 Å². The first-order chi connectivity index (χ1) is 12.3. The number of ether oxygens (including phenoxy) is 2. The van der Waals surface area contributed by atoms with E-state index in [0.717, 1.165) is 0 Å². The van der Waals surface area contributed by atoms with Gasteiger partial charge in [-0.3, -0.25) is 4.79 Å². The molecule has 2 rings (SSSR count).